The zero-order valence-corrected chi connectivity index (χ0v) is 22.9. The van der Waals surface area contributed by atoms with Crippen LogP contribution < -0.4 is 0 Å². The van der Waals surface area contributed by atoms with Gasteiger partial charge in [-0.25, -0.2) is 19.6 Å². The summed E-state index contributed by atoms with van der Waals surface area (Å²) in [5.74, 6) is -0.546. The van der Waals surface area contributed by atoms with Gasteiger partial charge in [-0.15, -0.1) is 0 Å². The van der Waals surface area contributed by atoms with Gasteiger partial charge in [0.1, 0.15) is 31.4 Å². The summed E-state index contributed by atoms with van der Waals surface area (Å²) < 4.78 is 21.2. The van der Waals surface area contributed by atoms with Crippen molar-refractivity contribution in [1.29, 1.82) is 0 Å². The molecule has 2 aromatic carbocycles. The van der Waals surface area contributed by atoms with E-state index in [1.807, 2.05) is 38.1 Å². The standard InChI is InChI=1S/C29H25ClN6O5/c1-17-3-7-19(8-4-17)27(37)39-14-22-21(41-28(38)20-9-5-18(2)6-10-20)13-23(40-22)36-16-32-24-25(35-12-11-31-15-35)33-29(30)34-26(24)36/h3-12,15-16,21-23H,13-14H2,1-2H3/t21-,22+,23-/m0/s1. The summed E-state index contributed by atoms with van der Waals surface area (Å²) in [6, 6.07) is 14.1. The van der Waals surface area contributed by atoms with Crippen LogP contribution in [-0.2, 0) is 14.2 Å². The lowest BCUT2D eigenvalue weighted by Crippen LogP contribution is -2.32. The van der Waals surface area contributed by atoms with Crippen LogP contribution >= 0.6 is 11.6 Å². The Labute approximate surface area is 239 Å². The molecule has 208 valence electrons. The summed E-state index contributed by atoms with van der Waals surface area (Å²) in [5, 5.41) is 0.0203. The molecular weight excluding hydrogens is 548 g/mol. The number of hydrogen-bond donors (Lipinski definition) is 0. The highest BCUT2D eigenvalue weighted by molar-refractivity contribution is 6.28. The summed E-state index contributed by atoms with van der Waals surface area (Å²) in [6.07, 6.45) is 4.66. The Bertz CT molecular complexity index is 1700. The lowest BCUT2D eigenvalue weighted by molar-refractivity contribution is -0.0563. The largest absolute Gasteiger partial charge is 0.459 e. The Morgan fingerprint density at radius 3 is 2.32 bits per heavy atom. The van der Waals surface area contributed by atoms with Crippen molar-refractivity contribution in [2.45, 2.75) is 38.7 Å². The van der Waals surface area contributed by atoms with Gasteiger partial charge in [0, 0.05) is 18.8 Å². The molecule has 0 radical (unpaired) electrons. The van der Waals surface area contributed by atoms with Crippen LogP contribution in [0.3, 0.4) is 0 Å². The van der Waals surface area contributed by atoms with E-state index in [0.29, 0.717) is 28.1 Å². The van der Waals surface area contributed by atoms with Crippen molar-refractivity contribution in [2.24, 2.45) is 0 Å². The van der Waals surface area contributed by atoms with Crippen LogP contribution in [0.1, 0.15) is 44.5 Å². The number of benzene rings is 2. The number of ether oxygens (including phenoxy) is 3. The van der Waals surface area contributed by atoms with Crippen molar-refractivity contribution in [3.63, 3.8) is 0 Å². The Kier molecular flexibility index (Phi) is 7.21. The van der Waals surface area contributed by atoms with Crippen molar-refractivity contribution in [1.82, 2.24) is 29.1 Å². The van der Waals surface area contributed by atoms with Crippen molar-refractivity contribution < 1.29 is 23.8 Å². The Morgan fingerprint density at radius 1 is 0.976 bits per heavy atom. The van der Waals surface area contributed by atoms with E-state index in [0.717, 1.165) is 11.1 Å². The van der Waals surface area contributed by atoms with Gasteiger partial charge in [0.05, 0.1) is 17.5 Å². The van der Waals surface area contributed by atoms with Crippen molar-refractivity contribution in [3.05, 3.63) is 101 Å². The van der Waals surface area contributed by atoms with Gasteiger partial charge in [0.25, 0.3) is 0 Å². The Morgan fingerprint density at radius 2 is 1.66 bits per heavy atom. The monoisotopic (exact) mass is 572 g/mol. The summed E-state index contributed by atoms with van der Waals surface area (Å²) in [7, 11) is 0. The minimum Gasteiger partial charge on any atom is -0.459 e. The predicted octanol–water partition coefficient (Wildman–Crippen LogP) is 4.65. The number of halogens is 1. The van der Waals surface area contributed by atoms with E-state index in [-0.39, 0.29) is 18.3 Å². The van der Waals surface area contributed by atoms with E-state index in [9.17, 15) is 9.59 Å². The van der Waals surface area contributed by atoms with Gasteiger partial charge in [-0.2, -0.15) is 9.97 Å². The molecule has 12 heteroatoms. The van der Waals surface area contributed by atoms with Crippen LogP contribution in [0.25, 0.3) is 17.0 Å². The van der Waals surface area contributed by atoms with E-state index in [1.165, 1.54) is 0 Å². The molecule has 0 amide bonds. The highest BCUT2D eigenvalue weighted by Gasteiger charge is 2.41. The number of imidazole rings is 2. The number of aryl methyl sites for hydroxylation is 2. The van der Waals surface area contributed by atoms with Crippen molar-refractivity contribution in [3.8, 4) is 5.82 Å². The van der Waals surface area contributed by atoms with Crippen molar-refractivity contribution >= 4 is 34.7 Å². The normalized spacial score (nSPS) is 18.5. The summed E-state index contributed by atoms with van der Waals surface area (Å²) >= 11 is 6.27. The summed E-state index contributed by atoms with van der Waals surface area (Å²) in [5.41, 5.74) is 3.79. The number of fused-ring (bicyclic) bond motifs is 1. The first-order valence-corrected chi connectivity index (χ1v) is 13.3. The van der Waals surface area contributed by atoms with Gasteiger partial charge in [0.2, 0.25) is 5.28 Å². The number of carbonyl (C=O) groups is 2. The molecule has 3 aromatic heterocycles. The molecule has 0 bridgehead atoms. The Hall–Kier alpha value is -4.61. The molecule has 1 saturated heterocycles. The van der Waals surface area contributed by atoms with E-state index < -0.39 is 30.4 Å². The first kappa shape index (κ1) is 26.6. The third-order valence-electron chi connectivity index (χ3n) is 6.83. The molecular formula is C29H25ClN6O5. The molecule has 3 atom stereocenters. The molecule has 1 aliphatic rings. The van der Waals surface area contributed by atoms with E-state index in [4.69, 9.17) is 25.8 Å². The fraction of sp³-hybridized carbons (Fsp3) is 0.241. The second-order valence-electron chi connectivity index (χ2n) is 9.75. The molecule has 0 N–H and O–H groups in total. The number of rotatable bonds is 7. The van der Waals surface area contributed by atoms with E-state index in [1.54, 1.807) is 58.4 Å². The minimum absolute atomic E-state index is 0.0203. The molecule has 0 unspecified atom stereocenters. The smallest absolute Gasteiger partial charge is 0.338 e. The van der Waals surface area contributed by atoms with E-state index >= 15 is 0 Å². The number of carbonyl (C=O) groups excluding carboxylic acids is 2. The average molecular weight is 573 g/mol. The van der Waals surface area contributed by atoms with Crippen molar-refractivity contribution in [2.75, 3.05) is 6.61 Å². The molecule has 4 heterocycles. The molecule has 0 aliphatic carbocycles. The maximum absolute atomic E-state index is 13.0. The second kappa shape index (κ2) is 11.1. The average Bonchev–Trinajstić information content (AvgIpc) is 3.72. The maximum atomic E-state index is 13.0. The number of esters is 2. The summed E-state index contributed by atoms with van der Waals surface area (Å²) in [4.78, 5) is 43.0. The maximum Gasteiger partial charge on any atom is 0.338 e. The highest BCUT2D eigenvalue weighted by Crippen LogP contribution is 2.34. The molecule has 1 fully saturated rings. The highest BCUT2D eigenvalue weighted by atomic mass is 35.5. The van der Waals surface area contributed by atoms with Gasteiger partial charge in [-0.1, -0.05) is 35.4 Å². The molecule has 6 rings (SSSR count). The van der Waals surface area contributed by atoms with Crippen LogP contribution in [-0.4, -0.2) is 59.8 Å². The fourth-order valence-electron chi connectivity index (χ4n) is 4.62. The van der Waals surface area contributed by atoms with Crippen LogP contribution in [0.4, 0.5) is 0 Å². The first-order chi connectivity index (χ1) is 19.9. The molecule has 1 aliphatic heterocycles. The number of nitrogens with zero attached hydrogens (tertiary/aromatic N) is 6. The molecule has 0 spiro atoms. The van der Waals surface area contributed by atoms with Gasteiger partial charge in [0.15, 0.2) is 17.0 Å². The molecule has 11 nitrogen and oxygen atoms in total. The van der Waals surface area contributed by atoms with Crippen LogP contribution in [0.15, 0.2) is 73.6 Å². The SMILES string of the molecule is Cc1ccc(C(=O)OC[C@H]2O[C@H](n3cnc4c(-n5ccnc5)nc(Cl)nc43)C[C@@H]2OC(=O)c2ccc(C)cc2)cc1. The summed E-state index contributed by atoms with van der Waals surface area (Å²) in [6.45, 7) is 3.75. The van der Waals surface area contributed by atoms with Gasteiger partial charge in [-0.05, 0) is 49.7 Å². The number of aromatic nitrogens is 6. The zero-order chi connectivity index (χ0) is 28.5. The van der Waals surface area contributed by atoms with Crippen LogP contribution in [0.2, 0.25) is 5.28 Å². The van der Waals surface area contributed by atoms with Crippen LogP contribution in [0, 0.1) is 13.8 Å². The van der Waals surface area contributed by atoms with E-state index in [2.05, 4.69) is 19.9 Å². The van der Waals surface area contributed by atoms with Crippen LogP contribution in [0.5, 0.6) is 0 Å². The quantitative estimate of drug-likeness (QED) is 0.202. The molecule has 0 saturated carbocycles. The van der Waals surface area contributed by atoms with Gasteiger partial charge < -0.3 is 14.2 Å². The van der Waals surface area contributed by atoms with Gasteiger partial charge in [-0.3, -0.25) is 9.13 Å². The van der Waals surface area contributed by atoms with Gasteiger partial charge >= 0.3 is 11.9 Å². The minimum atomic E-state index is -0.744. The topological polar surface area (TPSA) is 123 Å². The molecule has 41 heavy (non-hydrogen) atoms. The first-order valence-electron chi connectivity index (χ1n) is 12.9. The predicted molar refractivity (Wildman–Crippen MR) is 148 cm³/mol. The fourth-order valence-corrected chi connectivity index (χ4v) is 4.78. The Balaban J connectivity index is 1.27. The lowest BCUT2D eigenvalue weighted by atomic mass is 10.1. The second-order valence-corrected chi connectivity index (χ2v) is 10.1. The molecule has 5 aromatic rings. The number of hydrogen-bond acceptors (Lipinski definition) is 9. The zero-order valence-electron chi connectivity index (χ0n) is 22.2. The third kappa shape index (κ3) is 5.54. The lowest BCUT2D eigenvalue weighted by Gasteiger charge is -2.19. The third-order valence-corrected chi connectivity index (χ3v) is 7.00.